The lowest BCUT2D eigenvalue weighted by molar-refractivity contribution is 0.0356. The van der Waals surface area contributed by atoms with Gasteiger partial charge in [-0.2, -0.15) is 0 Å². The van der Waals surface area contributed by atoms with Crippen LogP contribution in [0.15, 0.2) is 59.8 Å². The molecule has 0 saturated carbocycles. The van der Waals surface area contributed by atoms with Gasteiger partial charge in [0.1, 0.15) is 11.9 Å². The standard InChI is InChI=1S/C30H35N3O2S/c1-19(2)27-7-5-6-8-28(27)35-26-16-24-13-14-25(17-26)33(24)29(34)23-11-9-22(10-12-23)18-36-30-31-20(3)15-21(4)32-30/h5-12,15,19,24-26H,13-14,16-18H2,1-4H3. The number of piperidine rings is 1. The molecule has 2 atom stereocenters. The molecule has 2 saturated heterocycles. The Kier molecular flexibility index (Phi) is 7.33. The molecule has 36 heavy (non-hydrogen) atoms. The van der Waals surface area contributed by atoms with Crippen LogP contribution >= 0.6 is 11.8 Å². The molecule has 5 nitrogen and oxygen atoms in total. The Balaban J connectivity index is 1.21. The van der Waals surface area contributed by atoms with Gasteiger partial charge >= 0.3 is 0 Å². The van der Waals surface area contributed by atoms with Gasteiger partial charge in [0.15, 0.2) is 5.16 Å². The molecule has 0 spiro atoms. The normalized spacial score (nSPS) is 21.1. The van der Waals surface area contributed by atoms with Gasteiger partial charge in [0.2, 0.25) is 0 Å². The summed E-state index contributed by atoms with van der Waals surface area (Å²) in [6.07, 6.45) is 4.09. The molecule has 5 rings (SSSR count). The number of hydrogen-bond acceptors (Lipinski definition) is 5. The molecular weight excluding hydrogens is 466 g/mol. The molecule has 2 aliphatic heterocycles. The summed E-state index contributed by atoms with van der Waals surface area (Å²) >= 11 is 1.63. The number of aromatic nitrogens is 2. The Morgan fingerprint density at radius 1 is 1.00 bits per heavy atom. The molecule has 1 amide bonds. The van der Waals surface area contributed by atoms with E-state index in [0.717, 1.165) is 59.3 Å². The van der Waals surface area contributed by atoms with Gasteiger partial charge in [-0.25, -0.2) is 9.97 Å². The van der Waals surface area contributed by atoms with Crippen molar-refractivity contribution in [1.82, 2.24) is 14.9 Å². The molecule has 188 valence electrons. The van der Waals surface area contributed by atoms with E-state index in [2.05, 4.69) is 59.0 Å². The first-order valence-corrected chi connectivity index (χ1v) is 14.0. The van der Waals surface area contributed by atoms with Crippen LogP contribution in [-0.2, 0) is 5.75 Å². The number of nitrogens with zero attached hydrogens (tertiary/aromatic N) is 3. The van der Waals surface area contributed by atoms with Crippen molar-refractivity contribution in [2.75, 3.05) is 0 Å². The largest absolute Gasteiger partial charge is 0.490 e. The number of amides is 1. The van der Waals surface area contributed by atoms with Crippen LogP contribution in [-0.4, -0.2) is 39.0 Å². The number of para-hydroxylation sites is 1. The van der Waals surface area contributed by atoms with E-state index in [1.54, 1.807) is 11.8 Å². The van der Waals surface area contributed by atoms with Crippen LogP contribution in [0.2, 0.25) is 0 Å². The van der Waals surface area contributed by atoms with Crippen LogP contribution in [0.5, 0.6) is 5.75 Å². The smallest absolute Gasteiger partial charge is 0.254 e. The third-order valence-corrected chi connectivity index (χ3v) is 8.21. The van der Waals surface area contributed by atoms with Gasteiger partial charge in [-0.05, 0) is 68.0 Å². The highest BCUT2D eigenvalue weighted by Gasteiger charge is 2.44. The first-order valence-electron chi connectivity index (χ1n) is 13.0. The molecule has 0 radical (unpaired) electrons. The quantitative estimate of drug-likeness (QED) is 0.266. The maximum atomic E-state index is 13.5. The molecule has 1 aromatic heterocycles. The predicted molar refractivity (Wildman–Crippen MR) is 145 cm³/mol. The minimum absolute atomic E-state index is 0.153. The number of hydrogen-bond donors (Lipinski definition) is 0. The first-order chi connectivity index (χ1) is 17.4. The zero-order chi connectivity index (χ0) is 25.2. The second-order valence-electron chi connectivity index (χ2n) is 10.4. The molecule has 0 N–H and O–H groups in total. The van der Waals surface area contributed by atoms with E-state index in [9.17, 15) is 4.79 Å². The molecule has 2 fully saturated rings. The minimum atomic E-state index is 0.153. The summed E-state index contributed by atoms with van der Waals surface area (Å²) in [5.74, 6) is 2.36. The summed E-state index contributed by atoms with van der Waals surface area (Å²) in [4.78, 5) is 24.6. The molecule has 3 aromatic rings. The van der Waals surface area contributed by atoms with Crippen molar-refractivity contribution < 1.29 is 9.53 Å². The SMILES string of the molecule is Cc1cc(C)nc(SCc2ccc(C(=O)N3C4CCC3CC(Oc3ccccc3C(C)C)C4)cc2)n1. The lowest BCUT2D eigenvalue weighted by Crippen LogP contribution is -2.49. The van der Waals surface area contributed by atoms with Crippen LogP contribution in [0.3, 0.4) is 0 Å². The lowest BCUT2D eigenvalue weighted by Gasteiger charge is -2.39. The fourth-order valence-electron chi connectivity index (χ4n) is 5.60. The molecular formula is C30H35N3O2S. The van der Waals surface area contributed by atoms with Crippen LogP contribution in [0.1, 0.15) is 78.3 Å². The lowest BCUT2D eigenvalue weighted by atomic mass is 9.97. The number of ether oxygens (including phenoxy) is 1. The summed E-state index contributed by atoms with van der Waals surface area (Å²) < 4.78 is 6.51. The Morgan fingerprint density at radius 2 is 1.64 bits per heavy atom. The van der Waals surface area contributed by atoms with E-state index in [0.29, 0.717) is 5.92 Å². The summed E-state index contributed by atoms with van der Waals surface area (Å²) in [5.41, 5.74) is 5.16. The van der Waals surface area contributed by atoms with Crippen LogP contribution in [0, 0.1) is 13.8 Å². The van der Waals surface area contributed by atoms with Crippen molar-refractivity contribution in [3.8, 4) is 5.75 Å². The zero-order valence-corrected chi connectivity index (χ0v) is 22.4. The number of thioether (sulfide) groups is 1. The van der Waals surface area contributed by atoms with E-state index in [1.165, 1.54) is 11.1 Å². The number of benzene rings is 2. The summed E-state index contributed by atoms with van der Waals surface area (Å²) in [6.45, 7) is 8.39. The number of carbonyl (C=O) groups is 1. The Labute approximate surface area is 218 Å². The summed E-state index contributed by atoms with van der Waals surface area (Å²) in [6, 6.07) is 18.9. The second kappa shape index (κ2) is 10.6. The molecule has 3 heterocycles. The van der Waals surface area contributed by atoms with Crippen molar-refractivity contribution in [3.63, 3.8) is 0 Å². The van der Waals surface area contributed by atoms with Crippen molar-refractivity contribution in [2.24, 2.45) is 0 Å². The van der Waals surface area contributed by atoms with Crippen molar-refractivity contribution in [2.45, 2.75) is 88.4 Å². The minimum Gasteiger partial charge on any atom is -0.490 e. The highest BCUT2D eigenvalue weighted by atomic mass is 32.2. The van der Waals surface area contributed by atoms with Gasteiger partial charge in [0.05, 0.1) is 0 Å². The van der Waals surface area contributed by atoms with Crippen molar-refractivity contribution >= 4 is 17.7 Å². The van der Waals surface area contributed by atoms with Crippen LogP contribution < -0.4 is 4.74 Å². The van der Waals surface area contributed by atoms with E-state index in [-0.39, 0.29) is 24.1 Å². The number of rotatable bonds is 7. The third kappa shape index (κ3) is 5.44. The summed E-state index contributed by atoms with van der Waals surface area (Å²) in [7, 11) is 0. The average Bonchev–Trinajstić information content (AvgIpc) is 3.12. The molecule has 6 heteroatoms. The van der Waals surface area contributed by atoms with Crippen molar-refractivity contribution in [3.05, 3.63) is 82.7 Å². The van der Waals surface area contributed by atoms with Gasteiger partial charge in [-0.1, -0.05) is 55.9 Å². The monoisotopic (exact) mass is 501 g/mol. The fraction of sp³-hybridized carbons (Fsp3) is 0.433. The third-order valence-electron chi connectivity index (χ3n) is 7.29. The van der Waals surface area contributed by atoms with E-state index >= 15 is 0 Å². The maximum absolute atomic E-state index is 13.5. The van der Waals surface area contributed by atoms with Gasteiger partial charge in [-0.15, -0.1) is 0 Å². The summed E-state index contributed by atoms with van der Waals surface area (Å²) in [5, 5.41) is 0.797. The Hall–Kier alpha value is -2.86. The maximum Gasteiger partial charge on any atom is 0.254 e. The number of carbonyl (C=O) groups excluding carboxylic acids is 1. The van der Waals surface area contributed by atoms with Crippen molar-refractivity contribution in [1.29, 1.82) is 0 Å². The topological polar surface area (TPSA) is 55.3 Å². The first kappa shape index (κ1) is 24.8. The highest BCUT2D eigenvalue weighted by molar-refractivity contribution is 7.98. The fourth-order valence-corrected chi connectivity index (χ4v) is 6.50. The van der Waals surface area contributed by atoms with Gasteiger partial charge in [0.25, 0.3) is 5.91 Å². The number of aryl methyl sites for hydroxylation is 2. The molecule has 2 aromatic carbocycles. The van der Waals surface area contributed by atoms with Gasteiger partial charge in [0, 0.05) is 47.6 Å². The molecule has 2 unspecified atom stereocenters. The van der Waals surface area contributed by atoms with E-state index < -0.39 is 0 Å². The zero-order valence-electron chi connectivity index (χ0n) is 21.6. The highest BCUT2D eigenvalue weighted by Crippen LogP contribution is 2.39. The Bertz CT molecular complexity index is 1190. The average molecular weight is 502 g/mol. The van der Waals surface area contributed by atoms with E-state index in [1.807, 2.05) is 38.1 Å². The molecule has 0 aliphatic carbocycles. The van der Waals surface area contributed by atoms with Crippen LogP contribution in [0.25, 0.3) is 0 Å². The predicted octanol–water partition coefficient (Wildman–Crippen LogP) is 6.72. The second-order valence-corrected chi connectivity index (χ2v) is 11.4. The van der Waals surface area contributed by atoms with Gasteiger partial charge < -0.3 is 9.64 Å². The van der Waals surface area contributed by atoms with E-state index in [4.69, 9.17) is 4.74 Å². The molecule has 2 aliphatic rings. The van der Waals surface area contributed by atoms with Gasteiger partial charge in [-0.3, -0.25) is 4.79 Å². The number of fused-ring (bicyclic) bond motifs is 2. The Morgan fingerprint density at radius 3 is 2.28 bits per heavy atom. The molecule has 2 bridgehead atoms. The van der Waals surface area contributed by atoms with Crippen LogP contribution in [0.4, 0.5) is 0 Å².